The highest BCUT2D eigenvalue weighted by molar-refractivity contribution is 5.92. The molecule has 222 valence electrons. The van der Waals surface area contributed by atoms with Crippen LogP contribution in [-0.2, 0) is 18.0 Å². The number of amides is 1. The fourth-order valence-corrected chi connectivity index (χ4v) is 5.56. The largest absolute Gasteiger partial charge is 0.573 e. The Labute approximate surface area is 240 Å². The number of halogens is 3. The van der Waals surface area contributed by atoms with Gasteiger partial charge in [-0.2, -0.15) is 0 Å². The number of nitrogens with zero attached hydrogens (tertiary/aromatic N) is 3. The topological polar surface area (TPSA) is 106 Å². The van der Waals surface area contributed by atoms with E-state index in [0.29, 0.717) is 29.7 Å². The van der Waals surface area contributed by atoms with Crippen molar-refractivity contribution in [3.8, 4) is 11.5 Å². The van der Waals surface area contributed by atoms with Crippen LogP contribution in [0, 0.1) is 5.92 Å². The molecule has 0 saturated heterocycles. The summed E-state index contributed by atoms with van der Waals surface area (Å²) in [6, 6.07) is 12.0. The Morgan fingerprint density at radius 1 is 1.10 bits per heavy atom. The van der Waals surface area contributed by atoms with Gasteiger partial charge in [0, 0.05) is 36.6 Å². The third-order valence-corrected chi connectivity index (χ3v) is 7.68. The number of benzene rings is 2. The van der Waals surface area contributed by atoms with E-state index in [1.54, 1.807) is 12.3 Å². The van der Waals surface area contributed by atoms with Gasteiger partial charge in [-0.25, -0.2) is 4.98 Å². The van der Waals surface area contributed by atoms with Gasteiger partial charge in [-0.1, -0.05) is 12.1 Å². The summed E-state index contributed by atoms with van der Waals surface area (Å²) in [5, 5.41) is 11.7. The molecule has 0 bridgehead atoms. The van der Waals surface area contributed by atoms with Gasteiger partial charge in [0.2, 0.25) is 0 Å². The summed E-state index contributed by atoms with van der Waals surface area (Å²) in [4.78, 5) is 30.3. The van der Waals surface area contributed by atoms with Crippen molar-refractivity contribution >= 4 is 23.6 Å². The van der Waals surface area contributed by atoms with Crippen LogP contribution >= 0.6 is 0 Å². The Morgan fingerprint density at radius 2 is 1.83 bits per heavy atom. The molecule has 2 aliphatic rings. The van der Waals surface area contributed by atoms with Gasteiger partial charge in [0.1, 0.15) is 29.7 Å². The molecule has 9 nitrogen and oxygen atoms in total. The zero-order valence-corrected chi connectivity index (χ0v) is 22.9. The van der Waals surface area contributed by atoms with Crippen molar-refractivity contribution in [2.24, 2.45) is 5.92 Å². The number of aromatic nitrogens is 2. The summed E-state index contributed by atoms with van der Waals surface area (Å²) >= 11 is 0. The molecule has 0 spiro atoms. The number of hydrogen-bond acceptors (Lipinski definition) is 6. The number of nitrogens with one attached hydrogen (secondary N) is 1. The molecule has 3 aromatic rings. The lowest BCUT2D eigenvalue weighted by Crippen LogP contribution is -2.24. The van der Waals surface area contributed by atoms with Crippen molar-refractivity contribution in [2.45, 2.75) is 57.6 Å². The molecule has 0 atom stereocenters. The van der Waals surface area contributed by atoms with Gasteiger partial charge >= 0.3 is 12.3 Å². The van der Waals surface area contributed by atoms with Gasteiger partial charge in [0.05, 0.1) is 7.11 Å². The van der Waals surface area contributed by atoms with E-state index in [-0.39, 0.29) is 24.6 Å². The van der Waals surface area contributed by atoms with Crippen LogP contribution in [0.1, 0.15) is 65.5 Å². The number of methoxy groups -OCH3 is 1. The number of carboxylic acid groups (broad SMARTS) is 1. The van der Waals surface area contributed by atoms with Crippen LogP contribution in [0.4, 0.5) is 18.9 Å². The Bertz CT molecular complexity index is 1460. The van der Waals surface area contributed by atoms with Crippen molar-refractivity contribution in [1.29, 1.82) is 0 Å². The summed E-state index contributed by atoms with van der Waals surface area (Å²) < 4.78 is 48.9. The number of anilines is 1. The van der Waals surface area contributed by atoms with Gasteiger partial charge < -0.3 is 29.4 Å². The van der Waals surface area contributed by atoms with Gasteiger partial charge in [-0.3, -0.25) is 9.59 Å². The van der Waals surface area contributed by atoms with Crippen LogP contribution in [0.15, 0.2) is 54.9 Å². The van der Waals surface area contributed by atoms with Gasteiger partial charge in [0.25, 0.3) is 5.91 Å². The van der Waals surface area contributed by atoms with Crippen LogP contribution < -0.4 is 19.7 Å². The molecule has 1 amide bonds. The quantitative estimate of drug-likeness (QED) is 0.322. The summed E-state index contributed by atoms with van der Waals surface area (Å²) in [5.74, 6) is -0.0127. The number of carboxylic acids is 1. The number of alkyl halides is 3. The maximum absolute atomic E-state index is 12.9. The van der Waals surface area contributed by atoms with Crippen LogP contribution in [-0.4, -0.2) is 40.0 Å². The lowest BCUT2D eigenvalue weighted by atomic mass is 9.77. The summed E-state index contributed by atoms with van der Waals surface area (Å²) in [5.41, 5.74) is 2.72. The fraction of sp³-hybridized carbons (Fsp3) is 0.367. The molecular weight excluding hydrogens is 553 g/mol. The Kier molecular flexibility index (Phi) is 8.41. The molecule has 0 unspecified atom stereocenters. The molecule has 0 radical (unpaired) electrons. The van der Waals surface area contributed by atoms with E-state index < -0.39 is 24.0 Å². The van der Waals surface area contributed by atoms with E-state index in [2.05, 4.69) is 39.3 Å². The van der Waals surface area contributed by atoms with E-state index in [9.17, 15) is 22.8 Å². The van der Waals surface area contributed by atoms with Crippen molar-refractivity contribution < 1.29 is 37.3 Å². The van der Waals surface area contributed by atoms with Gasteiger partial charge in [-0.15, -0.1) is 13.2 Å². The predicted molar refractivity (Wildman–Crippen MR) is 148 cm³/mol. The monoisotopic (exact) mass is 584 g/mol. The van der Waals surface area contributed by atoms with Crippen LogP contribution in [0.2, 0.25) is 0 Å². The number of aliphatic carboxylic acids is 1. The molecule has 42 heavy (non-hydrogen) atoms. The number of ether oxygens (including phenoxy) is 2. The number of hydrogen-bond donors (Lipinski definition) is 2. The lowest BCUT2D eigenvalue weighted by molar-refractivity contribution is -0.274. The number of rotatable bonds is 9. The maximum Gasteiger partial charge on any atom is 0.573 e. The molecule has 1 fully saturated rings. The number of carbonyl (C=O) groups is 2. The van der Waals surface area contributed by atoms with Crippen molar-refractivity contribution in [1.82, 2.24) is 14.9 Å². The molecule has 1 aliphatic carbocycles. The third kappa shape index (κ3) is 7.04. The summed E-state index contributed by atoms with van der Waals surface area (Å²) in [7, 11) is 1.38. The molecule has 2 heterocycles. The highest BCUT2D eigenvalue weighted by atomic mass is 19.4. The average Bonchev–Trinajstić information content (AvgIpc) is 3.39. The van der Waals surface area contributed by atoms with Crippen LogP contribution in [0.5, 0.6) is 11.5 Å². The summed E-state index contributed by atoms with van der Waals surface area (Å²) in [6.45, 7) is 0.352. The fourth-order valence-electron chi connectivity index (χ4n) is 5.56. The molecule has 2 aromatic carbocycles. The zero-order chi connectivity index (χ0) is 29.9. The van der Waals surface area contributed by atoms with Crippen molar-refractivity contribution in [2.75, 3.05) is 12.0 Å². The van der Waals surface area contributed by atoms with E-state index in [1.165, 1.54) is 24.8 Å². The summed E-state index contributed by atoms with van der Waals surface area (Å²) in [6.07, 6.45) is 4.58. The Hall–Kier alpha value is -4.48. The first-order valence-corrected chi connectivity index (χ1v) is 13.6. The van der Waals surface area contributed by atoms with E-state index in [4.69, 9.17) is 9.84 Å². The Morgan fingerprint density at radius 3 is 2.50 bits per heavy atom. The third-order valence-electron chi connectivity index (χ3n) is 7.68. The van der Waals surface area contributed by atoms with Crippen LogP contribution in [0.3, 0.4) is 0 Å². The van der Waals surface area contributed by atoms with E-state index in [0.717, 1.165) is 37.4 Å². The highest BCUT2D eigenvalue weighted by Gasteiger charge is 2.31. The predicted octanol–water partition coefficient (Wildman–Crippen LogP) is 5.92. The minimum atomic E-state index is -4.84. The molecule has 12 heteroatoms. The smallest absolute Gasteiger partial charge is 0.496 e. The van der Waals surface area contributed by atoms with Crippen molar-refractivity contribution in [3.05, 3.63) is 77.5 Å². The number of carbonyl (C=O) groups excluding carboxylic acids is 1. The molecule has 2 N–H and O–H groups in total. The molecular formula is C30H31F3N4O5. The zero-order valence-electron chi connectivity index (χ0n) is 22.9. The molecule has 1 saturated carbocycles. The minimum absolute atomic E-state index is 0.0885. The Balaban J connectivity index is 1.18. The van der Waals surface area contributed by atoms with Gasteiger partial charge in [0.15, 0.2) is 0 Å². The number of fused-ring (bicyclic) bond motifs is 1. The first-order valence-electron chi connectivity index (χ1n) is 13.6. The lowest BCUT2D eigenvalue weighted by Gasteiger charge is -2.29. The SMILES string of the molecule is COc1ccc(OC(F)(F)F)cc1CNC(=O)c1cn2c(n1)C=CN(c1ccc(C3CCC(CC(=O)O)CC3)cc1)C2. The van der Waals surface area contributed by atoms with E-state index >= 15 is 0 Å². The van der Waals surface area contributed by atoms with Crippen LogP contribution in [0.25, 0.3) is 6.08 Å². The second-order valence-corrected chi connectivity index (χ2v) is 10.5. The average molecular weight is 585 g/mol. The highest BCUT2D eigenvalue weighted by Crippen LogP contribution is 2.38. The van der Waals surface area contributed by atoms with Gasteiger partial charge in [-0.05, 0) is 79.5 Å². The standard InChI is InChI=1S/C30H31F3N4O5/c1-41-26-11-10-24(42-30(31,32)33)15-22(26)16-34-29(40)25-17-37-18-36(13-12-27(37)35-25)23-8-6-21(7-9-23)20-4-2-19(3-5-20)14-28(38)39/h6-13,15,17,19-20H,2-5,14,16,18H2,1H3,(H,34,40)(H,38,39). The first kappa shape index (κ1) is 29.0. The first-order chi connectivity index (χ1) is 20.1. The second-order valence-electron chi connectivity index (χ2n) is 10.5. The van der Waals surface area contributed by atoms with Crippen molar-refractivity contribution in [3.63, 3.8) is 0 Å². The maximum atomic E-state index is 12.9. The normalized spacial score (nSPS) is 18.3. The minimum Gasteiger partial charge on any atom is -0.496 e. The molecule has 1 aliphatic heterocycles. The molecule has 5 rings (SSSR count). The second kappa shape index (κ2) is 12.2. The van der Waals surface area contributed by atoms with E-state index in [1.807, 2.05) is 15.7 Å². The number of imidazole rings is 1. The molecule has 1 aromatic heterocycles.